The highest BCUT2D eigenvalue weighted by atomic mass is 79.9. The second-order valence-electron chi connectivity index (χ2n) is 3.25. The zero-order chi connectivity index (χ0) is 11.8. The Hall–Kier alpha value is -1.61. The van der Waals surface area contributed by atoms with Crippen LogP contribution in [0.3, 0.4) is 0 Å². The van der Waals surface area contributed by atoms with Crippen LogP contribution in [0, 0.1) is 0 Å². The van der Waals surface area contributed by atoms with E-state index in [1.54, 1.807) is 17.1 Å². The normalized spacial score (nSPS) is 10.9. The van der Waals surface area contributed by atoms with Gasteiger partial charge in [-0.15, -0.1) is 26.3 Å². The van der Waals surface area contributed by atoms with Gasteiger partial charge >= 0.3 is 0 Å². The Morgan fingerprint density at radius 1 is 1.35 bits per heavy atom. The van der Waals surface area contributed by atoms with Crippen LogP contribution in [0.5, 0.6) is 0 Å². The number of halogens is 1. The summed E-state index contributed by atoms with van der Waals surface area (Å²) in [5.74, 6) is 0.553. The first-order chi connectivity index (χ1) is 8.22. The first kappa shape index (κ1) is 10.5. The van der Waals surface area contributed by atoms with Gasteiger partial charge in [0.25, 0.3) is 0 Å². The van der Waals surface area contributed by atoms with Gasteiger partial charge in [-0.2, -0.15) is 5.10 Å². The number of aromatic nitrogens is 7. The summed E-state index contributed by atoms with van der Waals surface area (Å²) in [6.07, 6.45) is 5.20. The maximum absolute atomic E-state index is 4.27. The first-order valence-electron chi connectivity index (χ1n) is 4.63. The third-order valence-corrected chi connectivity index (χ3v) is 3.51. The van der Waals surface area contributed by atoms with Crippen LogP contribution >= 0.6 is 27.3 Å². The predicted octanol–water partition coefficient (Wildman–Crippen LogP) is 1.28. The van der Waals surface area contributed by atoms with Gasteiger partial charge in [-0.3, -0.25) is 4.68 Å². The second kappa shape index (κ2) is 4.00. The van der Waals surface area contributed by atoms with Crippen molar-refractivity contribution in [1.82, 2.24) is 35.0 Å². The van der Waals surface area contributed by atoms with Crippen molar-refractivity contribution in [2.24, 2.45) is 7.05 Å². The van der Waals surface area contributed by atoms with Crippen molar-refractivity contribution in [1.29, 1.82) is 0 Å². The Bertz CT molecular complexity index is 599. The molecule has 0 saturated carbocycles. The van der Waals surface area contributed by atoms with Crippen LogP contribution < -0.4 is 0 Å². The fraction of sp³-hybridized carbons (Fsp3) is 0.125. The van der Waals surface area contributed by atoms with Crippen LogP contribution in [0.2, 0.25) is 0 Å². The van der Waals surface area contributed by atoms with Crippen molar-refractivity contribution >= 4 is 27.3 Å². The molecular formula is C8H6BrN7S. The number of tetrazole rings is 1. The van der Waals surface area contributed by atoms with Crippen molar-refractivity contribution < 1.29 is 0 Å². The van der Waals surface area contributed by atoms with Gasteiger partial charge in [0.05, 0.1) is 23.5 Å². The van der Waals surface area contributed by atoms with Gasteiger partial charge in [0.2, 0.25) is 5.82 Å². The quantitative estimate of drug-likeness (QED) is 0.712. The maximum atomic E-state index is 4.27. The van der Waals surface area contributed by atoms with E-state index < -0.39 is 0 Å². The van der Waals surface area contributed by atoms with Crippen molar-refractivity contribution in [3.8, 4) is 16.4 Å². The minimum absolute atomic E-state index is 0.553. The molecule has 0 saturated heterocycles. The molecule has 0 atom stereocenters. The molecule has 0 N–H and O–H groups in total. The molecule has 17 heavy (non-hydrogen) atoms. The topological polar surface area (TPSA) is 74.3 Å². The Morgan fingerprint density at radius 2 is 2.24 bits per heavy atom. The molecule has 7 nitrogen and oxygen atoms in total. The summed E-state index contributed by atoms with van der Waals surface area (Å²) < 4.78 is 2.48. The molecule has 0 radical (unpaired) electrons. The summed E-state index contributed by atoms with van der Waals surface area (Å²) in [5.41, 5.74) is 0.773. The van der Waals surface area contributed by atoms with Gasteiger partial charge in [0, 0.05) is 7.05 Å². The van der Waals surface area contributed by atoms with Crippen LogP contribution in [-0.2, 0) is 7.05 Å². The van der Waals surface area contributed by atoms with Crippen molar-refractivity contribution in [2.45, 2.75) is 0 Å². The smallest absolute Gasteiger partial charge is 0.216 e. The van der Waals surface area contributed by atoms with E-state index in [4.69, 9.17) is 0 Å². The van der Waals surface area contributed by atoms with Gasteiger partial charge in [0.15, 0.2) is 3.92 Å². The minimum Gasteiger partial charge on any atom is -0.274 e. The molecule has 0 spiro atoms. The molecule has 0 aliphatic heterocycles. The lowest BCUT2D eigenvalue weighted by Gasteiger charge is -1.89. The number of nitrogens with zero attached hydrogens (tertiary/aromatic N) is 7. The van der Waals surface area contributed by atoms with E-state index in [0.717, 1.165) is 14.5 Å². The molecule has 86 valence electrons. The SMILES string of the molecule is Cn1cc(-n2nnc(-c3cnc(Br)s3)n2)cn1. The molecule has 3 rings (SSSR count). The minimum atomic E-state index is 0.553. The highest BCUT2D eigenvalue weighted by Crippen LogP contribution is 2.25. The Labute approximate surface area is 108 Å². The zero-order valence-electron chi connectivity index (χ0n) is 8.65. The van der Waals surface area contributed by atoms with Crippen molar-refractivity contribution in [3.63, 3.8) is 0 Å². The lowest BCUT2D eigenvalue weighted by Crippen LogP contribution is -1.97. The fourth-order valence-electron chi connectivity index (χ4n) is 1.29. The van der Waals surface area contributed by atoms with Gasteiger partial charge in [-0.05, 0) is 21.1 Å². The number of aryl methyl sites for hydroxylation is 1. The highest BCUT2D eigenvalue weighted by molar-refractivity contribution is 9.11. The predicted molar refractivity (Wildman–Crippen MR) is 64.7 cm³/mol. The summed E-state index contributed by atoms with van der Waals surface area (Å²) in [4.78, 5) is 6.39. The lowest BCUT2D eigenvalue weighted by molar-refractivity contribution is 0.716. The van der Waals surface area contributed by atoms with Gasteiger partial charge in [-0.25, -0.2) is 4.98 Å². The molecule has 0 aliphatic rings. The lowest BCUT2D eigenvalue weighted by atomic mass is 10.5. The van der Waals surface area contributed by atoms with Crippen LogP contribution in [0.25, 0.3) is 16.4 Å². The van der Waals surface area contributed by atoms with E-state index in [-0.39, 0.29) is 0 Å². The largest absolute Gasteiger partial charge is 0.274 e. The van der Waals surface area contributed by atoms with Crippen LogP contribution in [0.4, 0.5) is 0 Å². The summed E-state index contributed by atoms with van der Waals surface area (Å²) in [5, 5.41) is 16.3. The van der Waals surface area contributed by atoms with Crippen LogP contribution in [0.1, 0.15) is 0 Å². The number of rotatable bonds is 2. The monoisotopic (exact) mass is 311 g/mol. The Balaban J connectivity index is 1.98. The van der Waals surface area contributed by atoms with Crippen molar-refractivity contribution in [2.75, 3.05) is 0 Å². The molecule has 0 aliphatic carbocycles. The average molecular weight is 312 g/mol. The van der Waals surface area contributed by atoms with E-state index in [9.17, 15) is 0 Å². The second-order valence-corrected chi connectivity index (χ2v) is 5.56. The van der Waals surface area contributed by atoms with E-state index in [1.807, 2.05) is 13.2 Å². The molecular weight excluding hydrogens is 306 g/mol. The summed E-state index contributed by atoms with van der Waals surface area (Å²) in [6.45, 7) is 0. The molecule has 9 heteroatoms. The number of hydrogen-bond donors (Lipinski definition) is 0. The maximum Gasteiger partial charge on any atom is 0.216 e. The van der Waals surface area contributed by atoms with E-state index in [1.165, 1.54) is 16.1 Å². The highest BCUT2D eigenvalue weighted by Gasteiger charge is 2.10. The summed E-state index contributed by atoms with van der Waals surface area (Å²) in [6, 6.07) is 0. The standard InChI is InChI=1S/C8H6BrN7S/c1-15-4-5(2-11-15)16-13-7(12-14-16)6-3-10-8(9)17-6/h2-4H,1H3. The van der Waals surface area contributed by atoms with Gasteiger partial charge < -0.3 is 0 Å². The average Bonchev–Trinajstić information content (AvgIpc) is 2.96. The third-order valence-electron chi connectivity index (χ3n) is 2.03. The fourth-order valence-corrected chi connectivity index (χ4v) is 2.48. The molecule has 0 bridgehead atoms. The molecule has 0 amide bonds. The van der Waals surface area contributed by atoms with Crippen molar-refractivity contribution in [3.05, 3.63) is 22.5 Å². The van der Waals surface area contributed by atoms with Crippen LogP contribution in [-0.4, -0.2) is 35.0 Å². The molecule has 0 aromatic carbocycles. The van der Waals surface area contributed by atoms with E-state index >= 15 is 0 Å². The van der Waals surface area contributed by atoms with E-state index in [2.05, 4.69) is 41.4 Å². The number of thiazole rings is 1. The summed E-state index contributed by atoms with van der Waals surface area (Å²) in [7, 11) is 1.83. The first-order valence-corrected chi connectivity index (χ1v) is 6.24. The van der Waals surface area contributed by atoms with Crippen LogP contribution in [0.15, 0.2) is 22.5 Å². The zero-order valence-corrected chi connectivity index (χ0v) is 11.1. The van der Waals surface area contributed by atoms with Gasteiger partial charge in [-0.1, -0.05) is 0 Å². The number of hydrogen-bond acceptors (Lipinski definition) is 6. The van der Waals surface area contributed by atoms with Gasteiger partial charge in [0.1, 0.15) is 5.69 Å². The third kappa shape index (κ3) is 1.98. The Morgan fingerprint density at radius 3 is 2.88 bits per heavy atom. The summed E-state index contributed by atoms with van der Waals surface area (Å²) >= 11 is 4.76. The van der Waals surface area contributed by atoms with E-state index in [0.29, 0.717) is 5.82 Å². The molecule has 3 aromatic rings. The molecule has 3 aromatic heterocycles. The molecule has 3 heterocycles. The molecule has 0 unspecified atom stereocenters. The molecule has 0 fully saturated rings. The Kier molecular flexibility index (Phi) is 2.48.